The van der Waals surface area contributed by atoms with Crippen LogP contribution in [0.15, 0.2) is 68.0 Å². The van der Waals surface area contributed by atoms with Crippen molar-refractivity contribution in [3.05, 3.63) is 64.8 Å². The first-order valence-corrected chi connectivity index (χ1v) is 8.11. The molecule has 0 atom stereocenters. The number of amides is 1. The molecule has 0 unspecified atom stereocenters. The fraction of sp³-hybridized carbons (Fsp3) is 0.0526. The Kier molecular flexibility index (Phi) is 4.32. The Hall–Kier alpha value is -4.01. The predicted molar refractivity (Wildman–Crippen MR) is 97.4 cm³/mol. The molecular weight excluding hydrogens is 369 g/mol. The standard InChI is InChI=1S/C19H12FN3O5/c20-11-3-5-14-13(7-11)18(19(26)21-14)23-22-16(24)9-27-12-4-1-10-2-6-17(25)28-15(10)8-12/h1-8,21,26H,9H2. The summed E-state index contributed by atoms with van der Waals surface area (Å²) < 4.78 is 23.8. The number of azo groups is 1. The smallest absolute Gasteiger partial charge is 0.336 e. The third kappa shape index (κ3) is 3.45. The molecule has 0 spiro atoms. The van der Waals surface area contributed by atoms with Gasteiger partial charge in [0.05, 0.1) is 5.52 Å². The minimum atomic E-state index is -0.722. The van der Waals surface area contributed by atoms with Crippen LogP contribution in [-0.2, 0) is 4.79 Å². The largest absolute Gasteiger partial charge is 0.493 e. The second-order valence-electron chi connectivity index (χ2n) is 5.85. The molecule has 2 aromatic carbocycles. The summed E-state index contributed by atoms with van der Waals surface area (Å²) >= 11 is 0. The molecule has 0 aliphatic rings. The van der Waals surface area contributed by atoms with Crippen LogP contribution in [0.4, 0.5) is 10.1 Å². The van der Waals surface area contributed by atoms with Gasteiger partial charge < -0.3 is 19.2 Å². The van der Waals surface area contributed by atoms with Gasteiger partial charge in [-0.3, -0.25) is 4.79 Å². The molecule has 28 heavy (non-hydrogen) atoms. The van der Waals surface area contributed by atoms with Crippen LogP contribution in [0.2, 0.25) is 0 Å². The molecular formula is C19H12FN3O5. The number of nitrogens with one attached hydrogen (secondary N) is 1. The number of halogens is 1. The van der Waals surface area contributed by atoms with Crippen molar-refractivity contribution >= 4 is 33.5 Å². The third-order valence-corrected chi connectivity index (χ3v) is 3.93. The average molecular weight is 381 g/mol. The minimum Gasteiger partial charge on any atom is -0.493 e. The summed E-state index contributed by atoms with van der Waals surface area (Å²) in [4.78, 5) is 25.8. The predicted octanol–water partition coefficient (Wildman–Crippen LogP) is 3.81. The number of benzene rings is 2. The lowest BCUT2D eigenvalue weighted by Crippen LogP contribution is -2.07. The van der Waals surface area contributed by atoms with Gasteiger partial charge in [0.2, 0.25) is 5.88 Å². The van der Waals surface area contributed by atoms with Crippen molar-refractivity contribution in [1.29, 1.82) is 0 Å². The van der Waals surface area contributed by atoms with Gasteiger partial charge in [0.15, 0.2) is 12.3 Å². The molecule has 9 heteroatoms. The number of fused-ring (bicyclic) bond motifs is 2. The molecule has 0 fully saturated rings. The zero-order chi connectivity index (χ0) is 19.7. The maximum atomic E-state index is 13.4. The van der Waals surface area contributed by atoms with Crippen LogP contribution in [0, 0.1) is 5.82 Å². The molecule has 0 radical (unpaired) electrons. The number of hydrogen-bond acceptors (Lipinski definition) is 6. The van der Waals surface area contributed by atoms with E-state index in [9.17, 15) is 19.1 Å². The highest BCUT2D eigenvalue weighted by Crippen LogP contribution is 2.35. The van der Waals surface area contributed by atoms with E-state index in [1.165, 1.54) is 30.3 Å². The number of ether oxygens (including phenoxy) is 1. The van der Waals surface area contributed by atoms with E-state index in [1.54, 1.807) is 18.2 Å². The van der Waals surface area contributed by atoms with Crippen LogP contribution in [0.1, 0.15) is 0 Å². The van der Waals surface area contributed by atoms with E-state index in [0.29, 0.717) is 27.6 Å². The van der Waals surface area contributed by atoms with Gasteiger partial charge in [-0.2, -0.15) is 0 Å². The van der Waals surface area contributed by atoms with Crippen LogP contribution < -0.4 is 10.4 Å². The SMILES string of the molecule is O=C(COc1ccc2ccc(=O)oc2c1)N=Nc1c(O)[nH]c2ccc(F)cc12. The van der Waals surface area contributed by atoms with E-state index in [-0.39, 0.29) is 11.6 Å². The molecule has 0 bridgehead atoms. The Morgan fingerprint density at radius 3 is 2.86 bits per heavy atom. The lowest BCUT2D eigenvalue weighted by Gasteiger charge is -2.03. The first-order valence-electron chi connectivity index (χ1n) is 8.11. The molecule has 8 nitrogen and oxygen atoms in total. The second-order valence-corrected chi connectivity index (χ2v) is 5.85. The maximum Gasteiger partial charge on any atom is 0.336 e. The van der Waals surface area contributed by atoms with Gasteiger partial charge >= 0.3 is 11.5 Å². The van der Waals surface area contributed by atoms with E-state index in [0.717, 1.165) is 0 Å². The summed E-state index contributed by atoms with van der Waals surface area (Å²) in [5.74, 6) is -1.26. The second kappa shape index (κ2) is 6.95. The Labute approximate surface area is 155 Å². The van der Waals surface area contributed by atoms with E-state index in [1.807, 2.05) is 0 Å². The topological polar surface area (TPSA) is 117 Å². The summed E-state index contributed by atoms with van der Waals surface area (Å²) in [5, 5.41) is 18.0. The van der Waals surface area contributed by atoms with Crippen molar-refractivity contribution in [1.82, 2.24) is 4.98 Å². The number of rotatable bonds is 4. The van der Waals surface area contributed by atoms with Crippen molar-refractivity contribution in [2.75, 3.05) is 6.61 Å². The van der Waals surface area contributed by atoms with Gasteiger partial charge in [0, 0.05) is 22.9 Å². The van der Waals surface area contributed by atoms with Crippen molar-refractivity contribution < 1.29 is 23.4 Å². The monoisotopic (exact) mass is 381 g/mol. The van der Waals surface area contributed by atoms with Crippen molar-refractivity contribution in [3.63, 3.8) is 0 Å². The van der Waals surface area contributed by atoms with Gasteiger partial charge in [0.1, 0.15) is 17.1 Å². The molecule has 0 saturated heterocycles. The molecule has 2 aromatic heterocycles. The van der Waals surface area contributed by atoms with Crippen LogP contribution in [0.5, 0.6) is 11.6 Å². The quantitative estimate of drug-likeness (QED) is 0.412. The number of aromatic hydroxyl groups is 1. The normalized spacial score (nSPS) is 11.5. The van der Waals surface area contributed by atoms with Crippen LogP contribution in [0.3, 0.4) is 0 Å². The van der Waals surface area contributed by atoms with Gasteiger partial charge in [0.25, 0.3) is 0 Å². The van der Waals surface area contributed by atoms with E-state index >= 15 is 0 Å². The van der Waals surface area contributed by atoms with Gasteiger partial charge in [-0.05, 0) is 36.4 Å². The number of aromatic nitrogens is 1. The lowest BCUT2D eigenvalue weighted by molar-refractivity contribution is -0.120. The summed E-state index contributed by atoms with van der Waals surface area (Å²) in [6.45, 7) is -0.427. The first-order chi connectivity index (χ1) is 13.5. The Morgan fingerprint density at radius 1 is 1.18 bits per heavy atom. The molecule has 2 heterocycles. The number of carbonyl (C=O) groups excluding carboxylic acids is 1. The molecule has 0 aliphatic carbocycles. The number of nitrogens with zero attached hydrogens (tertiary/aromatic N) is 2. The highest BCUT2D eigenvalue weighted by atomic mass is 19.1. The summed E-state index contributed by atoms with van der Waals surface area (Å²) in [5.41, 5.74) is 0.235. The third-order valence-electron chi connectivity index (χ3n) is 3.93. The van der Waals surface area contributed by atoms with Gasteiger partial charge in [-0.25, -0.2) is 9.18 Å². The van der Waals surface area contributed by atoms with Crippen LogP contribution in [0.25, 0.3) is 21.9 Å². The highest BCUT2D eigenvalue weighted by Gasteiger charge is 2.12. The molecule has 140 valence electrons. The molecule has 0 saturated carbocycles. The zero-order valence-electron chi connectivity index (χ0n) is 14.2. The van der Waals surface area contributed by atoms with Crippen molar-refractivity contribution in [2.45, 2.75) is 0 Å². The van der Waals surface area contributed by atoms with Crippen molar-refractivity contribution in [2.24, 2.45) is 10.2 Å². The fourth-order valence-corrected chi connectivity index (χ4v) is 2.65. The summed E-state index contributed by atoms with van der Waals surface area (Å²) in [7, 11) is 0. The molecule has 0 aliphatic heterocycles. The molecule has 1 amide bonds. The Bertz CT molecular complexity index is 1290. The van der Waals surface area contributed by atoms with E-state index in [4.69, 9.17) is 9.15 Å². The maximum absolute atomic E-state index is 13.4. The van der Waals surface area contributed by atoms with Crippen molar-refractivity contribution in [3.8, 4) is 11.6 Å². The molecule has 4 aromatic rings. The fourth-order valence-electron chi connectivity index (χ4n) is 2.65. The summed E-state index contributed by atoms with van der Waals surface area (Å²) in [6, 6.07) is 11.5. The lowest BCUT2D eigenvalue weighted by atomic mass is 10.2. The first kappa shape index (κ1) is 17.4. The number of hydrogen-bond donors (Lipinski definition) is 2. The molecule has 4 rings (SSSR count). The zero-order valence-corrected chi connectivity index (χ0v) is 14.2. The van der Waals surface area contributed by atoms with Crippen LogP contribution in [-0.4, -0.2) is 22.6 Å². The number of H-pyrrole nitrogens is 1. The Morgan fingerprint density at radius 2 is 2.00 bits per heavy atom. The van der Waals surface area contributed by atoms with Gasteiger partial charge in [-0.1, -0.05) is 0 Å². The minimum absolute atomic E-state index is 0.0460. The number of carbonyl (C=O) groups is 1. The van der Waals surface area contributed by atoms with Gasteiger partial charge in [-0.15, -0.1) is 10.2 Å². The Balaban J connectivity index is 1.48. The number of aromatic amines is 1. The van der Waals surface area contributed by atoms with E-state index in [2.05, 4.69) is 15.2 Å². The summed E-state index contributed by atoms with van der Waals surface area (Å²) in [6.07, 6.45) is 0. The van der Waals surface area contributed by atoms with E-state index < -0.39 is 24.0 Å². The van der Waals surface area contributed by atoms with Crippen LogP contribution >= 0.6 is 0 Å². The molecule has 2 N–H and O–H groups in total. The highest BCUT2D eigenvalue weighted by molar-refractivity contribution is 5.94. The average Bonchev–Trinajstić information content (AvgIpc) is 2.98.